The van der Waals surface area contributed by atoms with Gasteiger partial charge in [0.25, 0.3) is 0 Å². The number of nitrogens with one attached hydrogen (secondary N) is 1. The van der Waals surface area contributed by atoms with Gasteiger partial charge in [-0.05, 0) is 40.2 Å². The van der Waals surface area contributed by atoms with Crippen molar-refractivity contribution < 1.29 is 4.79 Å². The predicted octanol–water partition coefficient (Wildman–Crippen LogP) is 5.31. The summed E-state index contributed by atoms with van der Waals surface area (Å²) in [4.78, 5) is 18.1. The second-order valence-corrected chi connectivity index (χ2v) is 8.35. The molecule has 0 radical (unpaired) electrons. The molecular formula is C18H14BrN3OS2. The number of anilines is 1. The molecule has 7 heteroatoms. The van der Waals surface area contributed by atoms with Crippen LogP contribution in [0.1, 0.15) is 5.69 Å². The third kappa shape index (κ3) is 3.40. The molecule has 0 aliphatic heterocycles. The van der Waals surface area contributed by atoms with Crippen LogP contribution in [0.25, 0.3) is 20.8 Å². The highest BCUT2D eigenvalue weighted by atomic mass is 79.9. The van der Waals surface area contributed by atoms with Crippen LogP contribution in [0.3, 0.4) is 0 Å². The highest BCUT2D eigenvalue weighted by molar-refractivity contribution is 9.10. The predicted molar refractivity (Wildman–Crippen MR) is 108 cm³/mol. The van der Waals surface area contributed by atoms with Crippen molar-refractivity contribution in [1.82, 2.24) is 9.55 Å². The maximum atomic E-state index is 12.4. The number of thiophene rings is 1. The van der Waals surface area contributed by atoms with Crippen LogP contribution in [0, 0.1) is 0 Å². The van der Waals surface area contributed by atoms with Crippen molar-refractivity contribution in [2.75, 3.05) is 5.32 Å². The van der Waals surface area contributed by atoms with Crippen LogP contribution in [0.4, 0.5) is 5.69 Å². The topological polar surface area (TPSA) is 46.9 Å². The van der Waals surface area contributed by atoms with E-state index in [9.17, 15) is 4.79 Å². The smallest absolute Gasteiger partial charge is 0.230 e. The number of hydrogen-bond acceptors (Lipinski definition) is 4. The van der Waals surface area contributed by atoms with E-state index in [0.29, 0.717) is 0 Å². The van der Waals surface area contributed by atoms with Gasteiger partial charge in [0.05, 0.1) is 22.7 Å². The van der Waals surface area contributed by atoms with Crippen molar-refractivity contribution in [3.05, 3.63) is 57.5 Å². The van der Waals surface area contributed by atoms with Gasteiger partial charge in [-0.15, -0.1) is 22.7 Å². The van der Waals surface area contributed by atoms with Crippen LogP contribution in [0.5, 0.6) is 0 Å². The fourth-order valence-corrected chi connectivity index (χ4v) is 5.02. The number of amides is 1. The average Bonchev–Trinajstić information content (AvgIpc) is 3.29. The van der Waals surface area contributed by atoms with E-state index in [1.807, 2.05) is 58.9 Å². The van der Waals surface area contributed by atoms with Gasteiger partial charge in [-0.25, -0.2) is 4.98 Å². The summed E-state index contributed by atoms with van der Waals surface area (Å²) in [6.07, 6.45) is 2.26. The number of carbonyl (C=O) groups is 1. The lowest BCUT2D eigenvalue weighted by atomic mass is 10.2. The number of thiazole rings is 1. The SMILES string of the molecule is Cn1ccc2c(NC(=O)Cc3csc(-c4cc(Br)cs4)n3)cccc21. The van der Waals surface area contributed by atoms with Crippen LogP contribution >= 0.6 is 38.6 Å². The Morgan fingerprint density at radius 2 is 2.16 bits per heavy atom. The van der Waals surface area contributed by atoms with Gasteiger partial charge in [0.15, 0.2) is 0 Å². The molecule has 126 valence electrons. The Bertz CT molecular complexity index is 1060. The monoisotopic (exact) mass is 431 g/mol. The Balaban J connectivity index is 1.50. The minimum absolute atomic E-state index is 0.0550. The zero-order valence-electron chi connectivity index (χ0n) is 13.3. The Morgan fingerprint density at radius 3 is 2.96 bits per heavy atom. The first-order valence-corrected chi connectivity index (χ1v) is 10.2. The molecule has 0 saturated heterocycles. The second-order valence-electron chi connectivity index (χ2n) is 5.66. The summed E-state index contributed by atoms with van der Waals surface area (Å²) in [6.45, 7) is 0. The number of hydrogen-bond donors (Lipinski definition) is 1. The molecule has 0 spiro atoms. The van der Waals surface area contributed by atoms with E-state index in [1.165, 1.54) is 0 Å². The summed E-state index contributed by atoms with van der Waals surface area (Å²) in [6, 6.07) is 9.98. The van der Waals surface area contributed by atoms with Crippen molar-refractivity contribution in [3.63, 3.8) is 0 Å². The summed E-state index contributed by atoms with van der Waals surface area (Å²) >= 11 is 6.66. The van der Waals surface area contributed by atoms with E-state index < -0.39 is 0 Å². The molecule has 0 bridgehead atoms. The molecule has 4 rings (SSSR count). The number of halogens is 1. The maximum absolute atomic E-state index is 12.4. The molecular weight excluding hydrogens is 418 g/mol. The molecule has 0 aliphatic rings. The third-order valence-electron chi connectivity index (χ3n) is 3.87. The number of fused-ring (bicyclic) bond motifs is 1. The van der Waals surface area contributed by atoms with Gasteiger partial charge < -0.3 is 9.88 Å². The standard InChI is InChI=1S/C18H14BrN3OS2/c1-22-6-5-13-14(3-2-4-15(13)22)21-17(23)8-12-10-25-18(20-12)16-7-11(19)9-24-16/h2-7,9-10H,8H2,1H3,(H,21,23). The number of rotatable bonds is 4. The number of benzene rings is 1. The van der Waals surface area contributed by atoms with E-state index in [-0.39, 0.29) is 12.3 Å². The normalized spacial score (nSPS) is 11.1. The number of aryl methyl sites for hydroxylation is 1. The van der Waals surface area contributed by atoms with Crippen LogP contribution in [-0.4, -0.2) is 15.5 Å². The molecule has 25 heavy (non-hydrogen) atoms. The summed E-state index contributed by atoms with van der Waals surface area (Å²) in [5.74, 6) is -0.0550. The molecule has 4 nitrogen and oxygen atoms in total. The molecule has 0 fully saturated rings. The highest BCUT2D eigenvalue weighted by Gasteiger charge is 2.12. The van der Waals surface area contributed by atoms with Crippen LogP contribution < -0.4 is 5.32 Å². The Hall–Kier alpha value is -1.96. The van der Waals surface area contributed by atoms with Gasteiger partial charge in [0, 0.05) is 39.4 Å². The summed E-state index contributed by atoms with van der Waals surface area (Å²) in [5, 5.41) is 8.98. The zero-order chi connectivity index (χ0) is 17.4. The summed E-state index contributed by atoms with van der Waals surface area (Å²) < 4.78 is 3.09. The lowest BCUT2D eigenvalue weighted by Crippen LogP contribution is -2.14. The lowest BCUT2D eigenvalue weighted by Gasteiger charge is -2.06. The minimum atomic E-state index is -0.0550. The van der Waals surface area contributed by atoms with Gasteiger partial charge >= 0.3 is 0 Å². The maximum Gasteiger partial charge on any atom is 0.230 e. The van der Waals surface area contributed by atoms with Crippen molar-refractivity contribution in [3.8, 4) is 9.88 Å². The van der Waals surface area contributed by atoms with E-state index in [4.69, 9.17) is 0 Å². The third-order valence-corrected chi connectivity index (χ3v) is 6.63. The fourth-order valence-electron chi connectivity index (χ4n) is 2.70. The van der Waals surface area contributed by atoms with Gasteiger partial charge in [-0.1, -0.05) is 6.07 Å². The van der Waals surface area contributed by atoms with Crippen molar-refractivity contribution >= 4 is 61.1 Å². The fraction of sp³-hybridized carbons (Fsp3) is 0.111. The molecule has 4 aromatic rings. The molecule has 3 heterocycles. The van der Waals surface area contributed by atoms with Crippen molar-refractivity contribution in [2.45, 2.75) is 6.42 Å². The van der Waals surface area contributed by atoms with E-state index in [1.54, 1.807) is 22.7 Å². The molecule has 0 saturated carbocycles. The number of carbonyl (C=O) groups excluding carboxylic acids is 1. The first kappa shape index (κ1) is 16.5. The molecule has 0 unspecified atom stereocenters. The number of aromatic nitrogens is 2. The van der Waals surface area contributed by atoms with Crippen LogP contribution in [-0.2, 0) is 18.3 Å². The molecule has 0 aliphatic carbocycles. The van der Waals surface area contributed by atoms with E-state index in [2.05, 4.69) is 26.2 Å². The first-order chi connectivity index (χ1) is 12.1. The minimum Gasteiger partial charge on any atom is -0.350 e. The number of nitrogens with zero attached hydrogens (tertiary/aromatic N) is 2. The highest BCUT2D eigenvalue weighted by Crippen LogP contribution is 2.32. The Kier molecular flexibility index (Phi) is 4.45. The van der Waals surface area contributed by atoms with Gasteiger partial charge in [0.1, 0.15) is 5.01 Å². The molecule has 1 aromatic carbocycles. The second kappa shape index (κ2) is 6.74. The van der Waals surface area contributed by atoms with Crippen LogP contribution in [0.2, 0.25) is 0 Å². The average molecular weight is 432 g/mol. The van der Waals surface area contributed by atoms with E-state index in [0.717, 1.165) is 36.6 Å². The zero-order valence-corrected chi connectivity index (χ0v) is 16.5. The van der Waals surface area contributed by atoms with Crippen molar-refractivity contribution in [1.29, 1.82) is 0 Å². The molecule has 1 amide bonds. The van der Waals surface area contributed by atoms with Crippen molar-refractivity contribution in [2.24, 2.45) is 7.05 Å². The Morgan fingerprint density at radius 1 is 1.28 bits per heavy atom. The Labute approximate surface area is 161 Å². The van der Waals surface area contributed by atoms with E-state index >= 15 is 0 Å². The van der Waals surface area contributed by atoms with Gasteiger partial charge in [-0.2, -0.15) is 0 Å². The quantitative estimate of drug-likeness (QED) is 0.475. The first-order valence-electron chi connectivity index (χ1n) is 7.63. The van der Waals surface area contributed by atoms with Crippen LogP contribution in [0.15, 0.2) is 51.8 Å². The van der Waals surface area contributed by atoms with Gasteiger partial charge in [-0.3, -0.25) is 4.79 Å². The van der Waals surface area contributed by atoms with Gasteiger partial charge in [0.2, 0.25) is 5.91 Å². The molecule has 1 N–H and O–H groups in total. The molecule has 3 aromatic heterocycles. The summed E-state index contributed by atoms with van der Waals surface area (Å²) in [7, 11) is 1.99. The molecule has 0 atom stereocenters. The summed E-state index contributed by atoms with van der Waals surface area (Å²) in [5.41, 5.74) is 2.72. The lowest BCUT2D eigenvalue weighted by molar-refractivity contribution is -0.115. The largest absolute Gasteiger partial charge is 0.350 e.